The summed E-state index contributed by atoms with van der Waals surface area (Å²) in [4.78, 5) is 4.06. The molecule has 1 aromatic heterocycles. The lowest BCUT2D eigenvalue weighted by molar-refractivity contribution is -0.0355. The highest BCUT2D eigenvalue weighted by atomic mass is 35.5. The van der Waals surface area contributed by atoms with E-state index in [9.17, 15) is 0 Å². The number of aromatic nitrogens is 1. The Bertz CT molecular complexity index is 417. The van der Waals surface area contributed by atoms with Crippen LogP contribution in [0.2, 0.25) is 5.02 Å². The molecule has 0 aliphatic heterocycles. The normalized spacial score (nSPS) is 15.0. The minimum absolute atomic E-state index is 0.0704. The number of hydrogen-bond donors (Lipinski definition) is 1. The molecular weight excluding hydrogens is 284 g/mol. The Hall–Kier alpha value is -0.640. The van der Waals surface area contributed by atoms with Crippen LogP contribution in [0, 0.1) is 5.41 Å². The molecule has 0 aliphatic rings. The highest BCUT2D eigenvalue weighted by molar-refractivity contribution is 6.31. The fourth-order valence-corrected chi connectivity index (χ4v) is 2.77. The Balaban J connectivity index is 2.94. The van der Waals surface area contributed by atoms with Gasteiger partial charge >= 0.3 is 0 Å². The molecule has 21 heavy (non-hydrogen) atoms. The highest BCUT2D eigenvalue weighted by Crippen LogP contribution is 2.28. The molecule has 1 rings (SSSR count). The smallest absolute Gasteiger partial charge is 0.0779 e. The van der Waals surface area contributed by atoms with E-state index in [0.717, 1.165) is 36.6 Å². The quantitative estimate of drug-likeness (QED) is 0.785. The van der Waals surface area contributed by atoms with Crippen molar-refractivity contribution in [3.05, 3.63) is 29.0 Å². The molecule has 4 heteroatoms. The molecule has 2 unspecified atom stereocenters. The van der Waals surface area contributed by atoms with Gasteiger partial charge in [-0.05, 0) is 43.4 Å². The molecule has 0 bridgehead atoms. The summed E-state index contributed by atoms with van der Waals surface area (Å²) in [6.07, 6.45) is 5.59. The third-order valence-electron chi connectivity index (χ3n) is 3.52. The first-order valence-corrected chi connectivity index (χ1v) is 8.21. The van der Waals surface area contributed by atoms with Crippen molar-refractivity contribution in [3.8, 4) is 0 Å². The van der Waals surface area contributed by atoms with Gasteiger partial charge in [-0.3, -0.25) is 4.98 Å². The van der Waals surface area contributed by atoms with Crippen LogP contribution in [0.15, 0.2) is 18.5 Å². The number of nitrogens with one attached hydrogen (secondary N) is 1. The molecule has 0 saturated heterocycles. The van der Waals surface area contributed by atoms with Crippen LogP contribution in [0.5, 0.6) is 0 Å². The van der Waals surface area contributed by atoms with Crippen LogP contribution in [0.3, 0.4) is 0 Å². The first-order chi connectivity index (χ1) is 9.90. The minimum atomic E-state index is 0.0704. The summed E-state index contributed by atoms with van der Waals surface area (Å²) in [5, 5.41) is 4.36. The van der Waals surface area contributed by atoms with E-state index in [-0.39, 0.29) is 17.6 Å². The Morgan fingerprint density at radius 2 is 2.05 bits per heavy atom. The summed E-state index contributed by atoms with van der Waals surface area (Å²) in [6.45, 7) is 12.6. The molecule has 0 spiro atoms. The average molecular weight is 313 g/mol. The summed E-state index contributed by atoms with van der Waals surface area (Å²) in [5.41, 5.74) is 1.19. The van der Waals surface area contributed by atoms with Gasteiger partial charge in [-0.25, -0.2) is 0 Å². The molecule has 0 radical (unpaired) electrons. The van der Waals surface area contributed by atoms with Crippen LogP contribution in [0.1, 0.15) is 46.6 Å². The molecule has 2 atom stereocenters. The second-order valence-electron chi connectivity index (χ2n) is 6.47. The Morgan fingerprint density at radius 3 is 2.57 bits per heavy atom. The lowest BCUT2D eigenvalue weighted by Crippen LogP contribution is -2.49. The molecular formula is C17H29ClN2O. The number of halogens is 1. The molecule has 3 nitrogen and oxygen atoms in total. The van der Waals surface area contributed by atoms with Crippen molar-refractivity contribution in [1.29, 1.82) is 0 Å². The van der Waals surface area contributed by atoms with Gasteiger partial charge in [0.1, 0.15) is 0 Å². The molecule has 0 fully saturated rings. The van der Waals surface area contributed by atoms with Crippen LogP contribution < -0.4 is 5.32 Å². The molecule has 1 N–H and O–H groups in total. The van der Waals surface area contributed by atoms with E-state index >= 15 is 0 Å². The standard InChI is InChI=1S/C17H29ClN2O/c1-6-9-20-15(16(21-7-2)17(3,4)5)11-13-8-10-19-12-14(13)18/h8,10,12,15-16,20H,6-7,9,11H2,1-5H3. The topological polar surface area (TPSA) is 34.2 Å². The summed E-state index contributed by atoms with van der Waals surface area (Å²) < 4.78 is 6.06. The van der Waals surface area contributed by atoms with Gasteiger partial charge in [0.2, 0.25) is 0 Å². The zero-order chi connectivity index (χ0) is 15.9. The van der Waals surface area contributed by atoms with E-state index in [1.807, 2.05) is 6.07 Å². The van der Waals surface area contributed by atoms with Crippen molar-refractivity contribution in [2.24, 2.45) is 5.41 Å². The van der Waals surface area contributed by atoms with Gasteiger partial charge in [0, 0.05) is 25.0 Å². The zero-order valence-corrected chi connectivity index (χ0v) is 14.7. The monoisotopic (exact) mass is 312 g/mol. The second-order valence-corrected chi connectivity index (χ2v) is 6.88. The second kappa shape index (κ2) is 8.72. The molecule has 0 amide bonds. The van der Waals surface area contributed by atoms with E-state index in [1.54, 1.807) is 12.4 Å². The number of rotatable bonds is 8. The van der Waals surface area contributed by atoms with Crippen molar-refractivity contribution in [3.63, 3.8) is 0 Å². The van der Waals surface area contributed by atoms with Gasteiger partial charge in [0.05, 0.1) is 11.1 Å². The first-order valence-electron chi connectivity index (χ1n) is 7.83. The lowest BCUT2D eigenvalue weighted by atomic mass is 9.82. The maximum absolute atomic E-state index is 6.27. The number of pyridine rings is 1. The summed E-state index contributed by atoms with van der Waals surface area (Å²) in [5.74, 6) is 0. The maximum Gasteiger partial charge on any atom is 0.0779 e. The first kappa shape index (κ1) is 18.4. The van der Waals surface area contributed by atoms with E-state index in [2.05, 4.69) is 44.9 Å². The molecule has 1 aromatic rings. The molecule has 0 aromatic carbocycles. The van der Waals surface area contributed by atoms with Gasteiger partial charge in [0.15, 0.2) is 0 Å². The zero-order valence-electron chi connectivity index (χ0n) is 13.9. The van der Waals surface area contributed by atoms with Crippen molar-refractivity contribution in [2.45, 2.75) is 59.6 Å². The Labute approximate surface area is 134 Å². The fourth-order valence-electron chi connectivity index (χ4n) is 2.57. The maximum atomic E-state index is 6.27. The van der Waals surface area contributed by atoms with Gasteiger partial charge in [-0.15, -0.1) is 0 Å². The third-order valence-corrected chi connectivity index (χ3v) is 3.86. The van der Waals surface area contributed by atoms with Gasteiger partial charge in [-0.2, -0.15) is 0 Å². The van der Waals surface area contributed by atoms with Crippen molar-refractivity contribution >= 4 is 11.6 Å². The van der Waals surface area contributed by atoms with Crippen LogP contribution in [0.25, 0.3) is 0 Å². The molecule has 1 heterocycles. The van der Waals surface area contributed by atoms with Crippen molar-refractivity contribution < 1.29 is 4.74 Å². The Morgan fingerprint density at radius 1 is 1.33 bits per heavy atom. The van der Waals surface area contributed by atoms with Crippen LogP contribution in [0.4, 0.5) is 0 Å². The van der Waals surface area contributed by atoms with E-state index in [4.69, 9.17) is 16.3 Å². The average Bonchev–Trinajstić information content (AvgIpc) is 2.42. The third kappa shape index (κ3) is 5.93. The lowest BCUT2D eigenvalue weighted by Gasteiger charge is -2.37. The Kier molecular flexibility index (Phi) is 7.64. The van der Waals surface area contributed by atoms with Crippen LogP contribution >= 0.6 is 11.6 Å². The fraction of sp³-hybridized carbons (Fsp3) is 0.706. The molecule has 0 aliphatic carbocycles. The minimum Gasteiger partial charge on any atom is -0.376 e. The molecule has 120 valence electrons. The van der Waals surface area contributed by atoms with Crippen LogP contribution in [-0.2, 0) is 11.2 Å². The number of ether oxygens (including phenoxy) is 1. The molecule has 0 saturated carbocycles. The summed E-state index contributed by atoms with van der Waals surface area (Å²) in [6, 6.07) is 2.24. The van der Waals surface area contributed by atoms with E-state index in [1.165, 1.54) is 0 Å². The van der Waals surface area contributed by atoms with Crippen molar-refractivity contribution in [1.82, 2.24) is 10.3 Å². The predicted octanol–water partition coefficient (Wildman–Crippen LogP) is 4.10. The SMILES string of the molecule is CCCNC(Cc1ccncc1Cl)C(OCC)C(C)(C)C. The van der Waals surface area contributed by atoms with E-state index in [0.29, 0.717) is 0 Å². The summed E-state index contributed by atoms with van der Waals surface area (Å²) >= 11 is 6.27. The van der Waals surface area contributed by atoms with Crippen molar-refractivity contribution in [2.75, 3.05) is 13.2 Å². The van der Waals surface area contributed by atoms with Gasteiger partial charge < -0.3 is 10.1 Å². The number of hydrogen-bond acceptors (Lipinski definition) is 3. The van der Waals surface area contributed by atoms with Crippen LogP contribution in [-0.4, -0.2) is 30.3 Å². The van der Waals surface area contributed by atoms with Gasteiger partial charge in [-0.1, -0.05) is 39.3 Å². The predicted molar refractivity (Wildman–Crippen MR) is 89.9 cm³/mol. The van der Waals surface area contributed by atoms with Gasteiger partial charge in [0.25, 0.3) is 0 Å². The summed E-state index contributed by atoms with van der Waals surface area (Å²) in [7, 11) is 0. The highest BCUT2D eigenvalue weighted by Gasteiger charge is 2.33. The largest absolute Gasteiger partial charge is 0.376 e. The van der Waals surface area contributed by atoms with E-state index < -0.39 is 0 Å². The number of nitrogens with zero attached hydrogens (tertiary/aromatic N) is 1.